The van der Waals surface area contributed by atoms with Gasteiger partial charge in [-0.2, -0.15) is 0 Å². The number of carbonyl (C=O) groups excluding carboxylic acids is 1. The number of rotatable bonds is 5. The average molecular weight is 449 g/mol. The normalized spacial score (nSPS) is 14.5. The van der Waals surface area contributed by atoms with Crippen molar-refractivity contribution in [2.24, 2.45) is 0 Å². The molecule has 0 spiro atoms. The number of carbonyl (C=O) groups is 1. The van der Waals surface area contributed by atoms with E-state index in [0.717, 1.165) is 37.4 Å². The zero-order valence-electron chi connectivity index (χ0n) is 19.2. The van der Waals surface area contributed by atoms with Gasteiger partial charge in [0.15, 0.2) is 0 Å². The van der Waals surface area contributed by atoms with E-state index in [4.69, 9.17) is 0 Å². The molecule has 1 saturated heterocycles. The van der Waals surface area contributed by atoms with Gasteiger partial charge in [-0.25, -0.2) is 9.37 Å². The molecule has 0 saturated carbocycles. The van der Waals surface area contributed by atoms with Crippen LogP contribution in [0, 0.1) is 5.82 Å². The highest BCUT2D eigenvalue weighted by molar-refractivity contribution is 5.88. The first-order chi connectivity index (χ1) is 15.8. The molecule has 2 aromatic carbocycles. The van der Waals surface area contributed by atoms with Crippen LogP contribution in [-0.4, -0.2) is 53.1 Å². The second kappa shape index (κ2) is 9.58. The van der Waals surface area contributed by atoms with E-state index in [0.29, 0.717) is 28.6 Å². The number of pyridine rings is 1. The van der Waals surface area contributed by atoms with Crippen LogP contribution in [0.5, 0.6) is 5.75 Å². The van der Waals surface area contributed by atoms with Gasteiger partial charge in [-0.15, -0.1) is 0 Å². The Morgan fingerprint density at radius 2 is 1.73 bits per heavy atom. The lowest BCUT2D eigenvalue weighted by Gasteiger charge is -2.38. The van der Waals surface area contributed by atoms with Gasteiger partial charge in [-0.3, -0.25) is 9.69 Å². The molecule has 2 N–H and O–H groups in total. The van der Waals surface area contributed by atoms with Crippen LogP contribution >= 0.6 is 0 Å². The molecular weight excluding hydrogens is 419 g/mol. The summed E-state index contributed by atoms with van der Waals surface area (Å²) in [6, 6.07) is 14.4. The molecule has 3 aromatic rings. The molecule has 7 heteroatoms. The lowest BCUT2D eigenvalue weighted by Crippen LogP contribution is -2.48. The predicted molar refractivity (Wildman–Crippen MR) is 130 cm³/mol. The van der Waals surface area contributed by atoms with E-state index >= 15 is 0 Å². The molecule has 6 nitrogen and oxygen atoms in total. The third-order valence-corrected chi connectivity index (χ3v) is 6.02. The first-order valence-electron chi connectivity index (χ1n) is 11.2. The van der Waals surface area contributed by atoms with Crippen molar-refractivity contribution >= 4 is 17.4 Å². The summed E-state index contributed by atoms with van der Waals surface area (Å²) < 4.78 is 14.6. The van der Waals surface area contributed by atoms with E-state index in [9.17, 15) is 14.3 Å². The van der Waals surface area contributed by atoms with Crippen molar-refractivity contribution in [3.05, 3.63) is 60.5 Å². The van der Waals surface area contributed by atoms with Crippen LogP contribution in [0.15, 0.2) is 54.7 Å². The number of phenols is 1. The number of hydrogen-bond acceptors (Lipinski definition) is 5. The van der Waals surface area contributed by atoms with Gasteiger partial charge in [0, 0.05) is 67.7 Å². The maximum absolute atomic E-state index is 14.6. The SMILES string of the molecule is CC(=O)Nc1ccc(-c2cc(F)cc(-c3cccc(N4CCN(C(C)C)CC4)c3)c2O)cn1. The Morgan fingerprint density at radius 1 is 1.03 bits per heavy atom. The van der Waals surface area contributed by atoms with Gasteiger partial charge in [0.05, 0.1) is 0 Å². The summed E-state index contributed by atoms with van der Waals surface area (Å²) in [5.41, 5.74) is 3.15. The molecule has 1 aliphatic heterocycles. The molecule has 1 amide bonds. The van der Waals surface area contributed by atoms with Gasteiger partial charge in [0.2, 0.25) is 5.91 Å². The van der Waals surface area contributed by atoms with Crippen LogP contribution in [0.1, 0.15) is 20.8 Å². The summed E-state index contributed by atoms with van der Waals surface area (Å²) in [5, 5.41) is 13.6. The number of phenolic OH excluding ortho intramolecular Hbond substituents is 1. The lowest BCUT2D eigenvalue weighted by molar-refractivity contribution is -0.114. The molecule has 1 fully saturated rings. The first-order valence-corrected chi connectivity index (χ1v) is 11.2. The van der Waals surface area contributed by atoms with Gasteiger partial charge in [-0.1, -0.05) is 12.1 Å². The minimum atomic E-state index is -0.445. The largest absolute Gasteiger partial charge is 0.507 e. The van der Waals surface area contributed by atoms with Crippen LogP contribution in [-0.2, 0) is 4.79 Å². The number of aromatic nitrogens is 1. The fourth-order valence-electron chi connectivity index (χ4n) is 4.21. The number of benzene rings is 2. The molecule has 0 atom stereocenters. The van der Waals surface area contributed by atoms with Crippen molar-refractivity contribution in [2.45, 2.75) is 26.8 Å². The Kier molecular flexibility index (Phi) is 6.60. The average Bonchev–Trinajstić information content (AvgIpc) is 2.81. The van der Waals surface area contributed by atoms with E-state index < -0.39 is 5.82 Å². The molecule has 2 heterocycles. The maximum Gasteiger partial charge on any atom is 0.222 e. The van der Waals surface area contributed by atoms with E-state index in [1.807, 2.05) is 18.2 Å². The molecule has 4 rings (SSSR count). The summed E-state index contributed by atoms with van der Waals surface area (Å²) in [5.74, 6) is -0.281. The smallest absolute Gasteiger partial charge is 0.222 e. The second-order valence-corrected chi connectivity index (χ2v) is 8.63. The number of aromatic hydroxyl groups is 1. The van der Waals surface area contributed by atoms with Gasteiger partial charge >= 0.3 is 0 Å². The predicted octanol–water partition coefficient (Wildman–Crippen LogP) is 4.75. The van der Waals surface area contributed by atoms with E-state index in [1.165, 1.54) is 25.3 Å². The number of piperazine rings is 1. The Hall–Kier alpha value is -3.45. The van der Waals surface area contributed by atoms with E-state index in [-0.39, 0.29) is 11.7 Å². The minimum absolute atomic E-state index is 0.00717. The molecule has 1 aromatic heterocycles. The summed E-state index contributed by atoms with van der Waals surface area (Å²) in [4.78, 5) is 20.2. The number of amides is 1. The fourth-order valence-corrected chi connectivity index (χ4v) is 4.21. The molecule has 1 aliphatic rings. The highest BCUT2D eigenvalue weighted by Crippen LogP contribution is 2.40. The Balaban J connectivity index is 1.63. The van der Waals surface area contributed by atoms with Crippen LogP contribution < -0.4 is 10.2 Å². The molecule has 0 bridgehead atoms. The van der Waals surface area contributed by atoms with Crippen molar-refractivity contribution in [1.29, 1.82) is 0 Å². The number of anilines is 2. The summed E-state index contributed by atoms with van der Waals surface area (Å²) in [6.07, 6.45) is 1.51. The van der Waals surface area contributed by atoms with Crippen LogP contribution in [0.25, 0.3) is 22.3 Å². The van der Waals surface area contributed by atoms with Crippen LogP contribution in [0.4, 0.5) is 15.9 Å². The standard InChI is InChI=1S/C26H29FN4O2/c1-17(2)30-9-11-31(12-10-30)22-6-4-5-19(13-22)23-14-21(27)15-24(26(23)33)20-7-8-25(28-16-20)29-18(3)32/h4-8,13-17,33H,9-12H2,1-3H3,(H,28,29,32). The summed E-state index contributed by atoms with van der Waals surface area (Å²) in [7, 11) is 0. The van der Waals surface area contributed by atoms with Crippen molar-refractivity contribution in [2.75, 3.05) is 36.4 Å². The number of nitrogens with one attached hydrogen (secondary N) is 1. The molecule has 172 valence electrons. The zero-order valence-corrected chi connectivity index (χ0v) is 19.2. The van der Waals surface area contributed by atoms with Crippen molar-refractivity contribution < 1.29 is 14.3 Å². The highest BCUT2D eigenvalue weighted by atomic mass is 19.1. The van der Waals surface area contributed by atoms with E-state index in [2.05, 4.69) is 40.0 Å². The van der Waals surface area contributed by atoms with Gasteiger partial charge < -0.3 is 15.3 Å². The Morgan fingerprint density at radius 3 is 2.33 bits per heavy atom. The topological polar surface area (TPSA) is 68.7 Å². The van der Waals surface area contributed by atoms with Gasteiger partial charge in [-0.05, 0) is 55.8 Å². The van der Waals surface area contributed by atoms with Gasteiger partial charge in [0.25, 0.3) is 0 Å². The lowest BCUT2D eigenvalue weighted by atomic mass is 9.97. The van der Waals surface area contributed by atoms with Crippen molar-refractivity contribution in [3.8, 4) is 28.0 Å². The maximum atomic E-state index is 14.6. The van der Waals surface area contributed by atoms with Crippen LogP contribution in [0.3, 0.4) is 0 Å². The molecule has 0 radical (unpaired) electrons. The van der Waals surface area contributed by atoms with Crippen LogP contribution in [0.2, 0.25) is 0 Å². The minimum Gasteiger partial charge on any atom is -0.507 e. The fraction of sp³-hybridized carbons (Fsp3) is 0.308. The third kappa shape index (κ3) is 5.14. The molecule has 33 heavy (non-hydrogen) atoms. The number of hydrogen-bond donors (Lipinski definition) is 2. The van der Waals surface area contributed by atoms with Gasteiger partial charge in [0.1, 0.15) is 17.4 Å². The van der Waals surface area contributed by atoms with Crippen molar-refractivity contribution in [1.82, 2.24) is 9.88 Å². The molecular formula is C26H29FN4O2. The Labute approximate surface area is 193 Å². The zero-order chi connectivity index (χ0) is 23.5. The first kappa shape index (κ1) is 22.7. The Bertz CT molecular complexity index is 1140. The van der Waals surface area contributed by atoms with Crippen molar-refractivity contribution in [3.63, 3.8) is 0 Å². The number of nitrogens with zero attached hydrogens (tertiary/aromatic N) is 3. The summed E-state index contributed by atoms with van der Waals surface area (Å²) >= 11 is 0. The highest BCUT2D eigenvalue weighted by Gasteiger charge is 2.20. The number of halogens is 1. The molecule has 0 unspecified atom stereocenters. The third-order valence-electron chi connectivity index (χ3n) is 6.02. The monoisotopic (exact) mass is 448 g/mol. The molecule has 0 aliphatic carbocycles. The summed E-state index contributed by atoms with van der Waals surface area (Å²) in [6.45, 7) is 9.67. The van der Waals surface area contributed by atoms with E-state index in [1.54, 1.807) is 12.1 Å². The quantitative estimate of drug-likeness (QED) is 0.590. The second-order valence-electron chi connectivity index (χ2n) is 8.63.